The first kappa shape index (κ1) is 21.0. The minimum Gasteiger partial charge on any atom is -0.496 e. The molecule has 0 aliphatic heterocycles. The molecule has 0 radical (unpaired) electrons. The number of nitrogens with zero attached hydrogens (tertiary/aromatic N) is 1. The molecular formula is C21H33ClN2O2. The summed E-state index contributed by atoms with van der Waals surface area (Å²) in [5.41, 5.74) is 9.78. The lowest BCUT2D eigenvalue weighted by Crippen LogP contribution is -2.49. The number of hydrogen-bond donors (Lipinski definition) is 1. The fraction of sp³-hybridized carbons (Fsp3) is 0.667. The second-order valence-electron chi connectivity index (χ2n) is 8.15. The summed E-state index contributed by atoms with van der Waals surface area (Å²) >= 11 is 0. The van der Waals surface area contributed by atoms with Crippen LogP contribution in [0.4, 0.5) is 0 Å². The zero-order valence-electron chi connectivity index (χ0n) is 16.5. The highest BCUT2D eigenvalue weighted by Crippen LogP contribution is 2.42. The van der Waals surface area contributed by atoms with E-state index in [1.807, 2.05) is 11.9 Å². The number of hydrogen-bond acceptors (Lipinski definition) is 3. The number of nitrogens with two attached hydrogens (primary N) is 1. The highest BCUT2D eigenvalue weighted by molar-refractivity contribution is 5.85. The molecule has 1 aromatic rings. The third-order valence-corrected chi connectivity index (χ3v) is 6.28. The first-order valence-electron chi connectivity index (χ1n) is 9.55. The van der Waals surface area contributed by atoms with Gasteiger partial charge in [0.2, 0.25) is 5.91 Å². The molecule has 1 amide bonds. The van der Waals surface area contributed by atoms with Gasteiger partial charge in [-0.25, -0.2) is 0 Å². The molecule has 5 heteroatoms. The number of methoxy groups -OCH3 is 1. The van der Waals surface area contributed by atoms with Crippen molar-refractivity contribution in [1.29, 1.82) is 0 Å². The van der Waals surface area contributed by atoms with Gasteiger partial charge in [0.15, 0.2) is 0 Å². The van der Waals surface area contributed by atoms with E-state index < -0.39 is 0 Å². The summed E-state index contributed by atoms with van der Waals surface area (Å²) < 4.78 is 5.44. The minimum atomic E-state index is 0. The van der Waals surface area contributed by atoms with Crippen molar-refractivity contribution < 1.29 is 9.53 Å². The summed E-state index contributed by atoms with van der Waals surface area (Å²) in [7, 11) is 3.64. The Morgan fingerprint density at radius 2 is 1.73 bits per heavy atom. The van der Waals surface area contributed by atoms with Crippen molar-refractivity contribution in [2.75, 3.05) is 14.2 Å². The Morgan fingerprint density at radius 3 is 2.23 bits per heavy atom. The van der Waals surface area contributed by atoms with Crippen molar-refractivity contribution in [3.05, 3.63) is 28.8 Å². The average molecular weight is 381 g/mol. The monoisotopic (exact) mass is 380 g/mol. The molecule has 2 fully saturated rings. The Labute approximate surface area is 163 Å². The van der Waals surface area contributed by atoms with Crippen LogP contribution < -0.4 is 10.5 Å². The van der Waals surface area contributed by atoms with Crippen LogP contribution in [0.2, 0.25) is 0 Å². The van der Waals surface area contributed by atoms with Gasteiger partial charge < -0.3 is 15.4 Å². The second kappa shape index (κ2) is 8.62. The molecule has 26 heavy (non-hydrogen) atoms. The SMILES string of the molecule is COc1c(C)cc(CN(C)C(=O)C2CC3CCCC(C2)C3N)cc1C.Cl. The molecule has 146 valence electrons. The van der Waals surface area contributed by atoms with E-state index >= 15 is 0 Å². The maximum atomic E-state index is 13.0. The van der Waals surface area contributed by atoms with Crippen LogP contribution in [0.15, 0.2) is 12.1 Å². The van der Waals surface area contributed by atoms with E-state index in [0.717, 1.165) is 29.7 Å². The molecule has 0 saturated heterocycles. The van der Waals surface area contributed by atoms with Crippen molar-refractivity contribution in [3.8, 4) is 5.75 Å². The first-order valence-corrected chi connectivity index (χ1v) is 9.55. The van der Waals surface area contributed by atoms with Crippen LogP contribution in [0, 0.1) is 31.6 Å². The maximum Gasteiger partial charge on any atom is 0.225 e. The van der Waals surface area contributed by atoms with Gasteiger partial charge >= 0.3 is 0 Å². The van der Waals surface area contributed by atoms with Crippen molar-refractivity contribution >= 4 is 18.3 Å². The van der Waals surface area contributed by atoms with E-state index in [4.69, 9.17) is 10.5 Å². The van der Waals surface area contributed by atoms with E-state index in [9.17, 15) is 4.79 Å². The van der Waals surface area contributed by atoms with Crippen LogP contribution in [0.3, 0.4) is 0 Å². The van der Waals surface area contributed by atoms with E-state index in [0.29, 0.717) is 24.4 Å². The van der Waals surface area contributed by atoms with Gasteiger partial charge in [0.25, 0.3) is 0 Å². The highest BCUT2D eigenvalue weighted by Gasteiger charge is 2.41. The fourth-order valence-corrected chi connectivity index (χ4v) is 5.11. The maximum absolute atomic E-state index is 13.0. The summed E-state index contributed by atoms with van der Waals surface area (Å²) in [5, 5.41) is 0. The molecular weight excluding hydrogens is 348 g/mol. The van der Waals surface area contributed by atoms with Gasteiger partial charge in [-0.1, -0.05) is 18.6 Å². The molecule has 1 aromatic carbocycles. The van der Waals surface area contributed by atoms with Gasteiger partial charge in [0.05, 0.1) is 7.11 Å². The molecule has 0 heterocycles. The number of benzene rings is 1. The molecule has 0 spiro atoms. The topological polar surface area (TPSA) is 55.6 Å². The van der Waals surface area contributed by atoms with Crippen LogP contribution in [-0.4, -0.2) is 31.0 Å². The number of amides is 1. The van der Waals surface area contributed by atoms with Crippen LogP contribution in [-0.2, 0) is 11.3 Å². The average Bonchev–Trinajstić information content (AvgIpc) is 2.53. The van der Waals surface area contributed by atoms with Crippen molar-refractivity contribution in [3.63, 3.8) is 0 Å². The van der Waals surface area contributed by atoms with Crippen LogP contribution in [0.25, 0.3) is 0 Å². The molecule has 2 aliphatic rings. The predicted octanol–water partition coefficient (Wildman–Crippen LogP) is 3.85. The molecule has 2 N–H and O–H groups in total. The summed E-state index contributed by atoms with van der Waals surface area (Å²) in [5.74, 6) is 2.46. The highest BCUT2D eigenvalue weighted by atomic mass is 35.5. The number of carbonyl (C=O) groups is 1. The molecule has 2 aliphatic carbocycles. The zero-order chi connectivity index (χ0) is 18.1. The van der Waals surface area contributed by atoms with Crippen molar-refractivity contribution in [2.45, 2.75) is 58.5 Å². The molecule has 2 unspecified atom stereocenters. The van der Waals surface area contributed by atoms with E-state index in [2.05, 4.69) is 26.0 Å². The Morgan fingerprint density at radius 1 is 1.19 bits per heavy atom. The number of ether oxygens (including phenoxy) is 1. The number of aryl methyl sites for hydroxylation is 2. The molecule has 2 atom stereocenters. The van der Waals surface area contributed by atoms with Crippen LogP contribution in [0.5, 0.6) is 5.75 Å². The minimum absolute atomic E-state index is 0. The van der Waals surface area contributed by atoms with Crippen LogP contribution in [0.1, 0.15) is 48.8 Å². The summed E-state index contributed by atoms with van der Waals surface area (Å²) in [4.78, 5) is 14.9. The third kappa shape index (κ3) is 4.17. The van der Waals surface area contributed by atoms with Gasteiger partial charge in [-0.15, -0.1) is 12.4 Å². The number of halogens is 1. The molecule has 3 rings (SSSR count). The van der Waals surface area contributed by atoms with Gasteiger partial charge in [-0.05, 0) is 68.1 Å². The second-order valence-corrected chi connectivity index (χ2v) is 8.15. The van der Waals surface area contributed by atoms with Gasteiger partial charge in [-0.2, -0.15) is 0 Å². The van der Waals surface area contributed by atoms with Gasteiger partial charge in [-0.3, -0.25) is 4.79 Å². The third-order valence-electron chi connectivity index (χ3n) is 6.28. The van der Waals surface area contributed by atoms with E-state index in [-0.39, 0.29) is 24.2 Å². The Balaban J connectivity index is 0.00000243. The predicted molar refractivity (Wildman–Crippen MR) is 108 cm³/mol. The van der Waals surface area contributed by atoms with Crippen molar-refractivity contribution in [2.24, 2.45) is 23.5 Å². The normalized spacial score (nSPS) is 27.4. The van der Waals surface area contributed by atoms with E-state index in [1.165, 1.54) is 24.8 Å². The number of rotatable bonds is 4. The smallest absolute Gasteiger partial charge is 0.225 e. The van der Waals surface area contributed by atoms with Gasteiger partial charge in [0.1, 0.15) is 5.75 Å². The summed E-state index contributed by atoms with van der Waals surface area (Å²) in [6, 6.07) is 4.57. The quantitative estimate of drug-likeness (QED) is 0.863. The summed E-state index contributed by atoms with van der Waals surface area (Å²) in [6.07, 6.45) is 5.62. The zero-order valence-corrected chi connectivity index (χ0v) is 17.3. The lowest BCUT2D eigenvalue weighted by Gasteiger charge is -2.44. The summed E-state index contributed by atoms with van der Waals surface area (Å²) in [6.45, 7) is 4.77. The Hall–Kier alpha value is -1.26. The first-order chi connectivity index (χ1) is 11.9. The largest absolute Gasteiger partial charge is 0.496 e. The molecule has 2 saturated carbocycles. The Kier molecular flexibility index (Phi) is 6.98. The Bertz CT molecular complexity index is 612. The molecule has 4 nitrogen and oxygen atoms in total. The molecule has 2 bridgehead atoms. The van der Waals surface area contributed by atoms with E-state index in [1.54, 1.807) is 7.11 Å². The molecule has 0 aromatic heterocycles. The van der Waals surface area contributed by atoms with Crippen molar-refractivity contribution in [1.82, 2.24) is 4.90 Å². The lowest BCUT2D eigenvalue weighted by atomic mass is 9.65. The van der Waals surface area contributed by atoms with Crippen LogP contribution >= 0.6 is 12.4 Å². The number of fused-ring (bicyclic) bond motifs is 2. The lowest BCUT2D eigenvalue weighted by molar-refractivity contribution is -0.137. The fourth-order valence-electron chi connectivity index (χ4n) is 5.11. The standard InChI is InChI=1S/C21H32N2O2.ClH/c1-13-8-15(9-14(2)20(13)25-4)12-23(3)21(24)18-10-16-6-5-7-17(11-18)19(16)22;/h8-9,16-19H,5-7,10-12,22H2,1-4H3;1H. The number of carbonyl (C=O) groups excluding carboxylic acids is 1. The van der Waals surface area contributed by atoms with Gasteiger partial charge in [0, 0.05) is 25.6 Å².